The van der Waals surface area contributed by atoms with Gasteiger partial charge in [-0.25, -0.2) is 4.79 Å². The van der Waals surface area contributed by atoms with Crippen molar-refractivity contribution in [2.24, 2.45) is 0 Å². The summed E-state index contributed by atoms with van der Waals surface area (Å²) in [6, 6.07) is 9.54. The van der Waals surface area contributed by atoms with E-state index in [0.717, 1.165) is 12.8 Å². The number of benzene rings is 1. The van der Waals surface area contributed by atoms with Gasteiger partial charge in [-0.1, -0.05) is 48.5 Å². The van der Waals surface area contributed by atoms with Crippen LogP contribution < -0.4 is 5.32 Å². The molecule has 0 spiro atoms. The molecule has 1 aromatic carbocycles. The van der Waals surface area contributed by atoms with Gasteiger partial charge in [0.2, 0.25) is 0 Å². The molecule has 2 amide bonds. The van der Waals surface area contributed by atoms with Crippen LogP contribution in [0.25, 0.3) is 0 Å². The summed E-state index contributed by atoms with van der Waals surface area (Å²) >= 11 is 13.7. The van der Waals surface area contributed by atoms with Gasteiger partial charge in [-0.05, 0) is 49.4 Å². The number of rotatable bonds is 4. The predicted octanol–water partition coefficient (Wildman–Crippen LogP) is 6.98. The molecule has 1 aromatic heterocycles. The lowest BCUT2D eigenvalue weighted by Crippen LogP contribution is -2.45. The second-order valence-corrected chi connectivity index (χ2v) is 8.24. The first-order chi connectivity index (χ1) is 12.1. The van der Waals surface area contributed by atoms with Crippen molar-refractivity contribution < 1.29 is 4.79 Å². The van der Waals surface area contributed by atoms with Gasteiger partial charge < -0.3 is 10.2 Å². The maximum absolute atomic E-state index is 13.1. The topological polar surface area (TPSA) is 32.3 Å². The molecule has 0 aliphatic heterocycles. The van der Waals surface area contributed by atoms with Gasteiger partial charge in [0.15, 0.2) is 0 Å². The number of nitrogens with one attached hydrogen (secondary N) is 1. The van der Waals surface area contributed by atoms with E-state index in [1.54, 1.807) is 29.5 Å². The number of urea groups is 1. The molecular weight excluding hydrogens is 375 g/mol. The van der Waals surface area contributed by atoms with E-state index in [4.69, 9.17) is 23.2 Å². The SMILES string of the molecule is C[C@H](c1cccs1)N(C(=O)Nc1ccc(Cl)c(Cl)c1)C1CCCCC1. The highest BCUT2D eigenvalue weighted by Gasteiger charge is 2.30. The molecular formula is C19H22Cl2N2OS. The number of anilines is 1. The van der Waals surface area contributed by atoms with Crippen LogP contribution in [0.5, 0.6) is 0 Å². The number of amides is 2. The Balaban J connectivity index is 1.82. The van der Waals surface area contributed by atoms with E-state index in [1.165, 1.54) is 24.1 Å². The van der Waals surface area contributed by atoms with Crippen molar-refractivity contribution in [1.29, 1.82) is 0 Å². The Labute approximate surface area is 162 Å². The maximum Gasteiger partial charge on any atom is 0.322 e. The molecule has 2 aromatic rings. The van der Waals surface area contributed by atoms with Crippen molar-refractivity contribution in [3.05, 3.63) is 50.6 Å². The van der Waals surface area contributed by atoms with Crippen molar-refractivity contribution in [3.63, 3.8) is 0 Å². The first kappa shape index (κ1) is 18.6. The normalized spacial score (nSPS) is 16.4. The van der Waals surface area contributed by atoms with Gasteiger partial charge in [-0.15, -0.1) is 11.3 Å². The quantitative estimate of drug-likeness (QED) is 0.593. The van der Waals surface area contributed by atoms with Crippen LogP contribution >= 0.6 is 34.5 Å². The maximum atomic E-state index is 13.1. The predicted molar refractivity (Wildman–Crippen MR) is 107 cm³/mol. The average molecular weight is 397 g/mol. The van der Waals surface area contributed by atoms with Crippen LogP contribution in [0.3, 0.4) is 0 Å². The van der Waals surface area contributed by atoms with Crippen LogP contribution in [0.15, 0.2) is 35.7 Å². The molecule has 3 rings (SSSR count). The highest BCUT2D eigenvalue weighted by Crippen LogP contribution is 2.33. The Morgan fingerprint density at radius 2 is 1.96 bits per heavy atom. The van der Waals surface area contributed by atoms with E-state index < -0.39 is 0 Å². The van der Waals surface area contributed by atoms with Crippen molar-refractivity contribution in [3.8, 4) is 0 Å². The summed E-state index contributed by atoms with van der Waals surface area (Å²) in [5.41, 5.74) is 0.665. The molecule has 0 saturated heterocycles. The number of nitrogens with zero attached hydrogens (tertiary/aromatic N) is 1. The van der Waals surface area contributed by atoms with Gasteiger partial charge in [-0.2, -0.15) is 0 Å². The van der Waals surface area contributed by atoms with Crippen LogP contribution in [0.2, 0.25) is 10.0 Å². The zero-order chi connectivity index (χ0) is 17.8. The molecule has 1 N–H and O–H groups in total. The number of hydrogen-bond donors (Lipinski definition) is 1. The van der Waals surface area contributed by atoms with Crippen molar-refractivity contribution in [1.82, 2.24) is 4.90 Å². The van der Waals surface area contributed by atoms with E-state index in [-0.39, 0.29) is 18.1 Å². The third-order valence-corrected chi connectivity index (χ3v) is 6.53. The highest BCUT2D eigenvalue weighted by atomic mass is 35.5. The fourth-order valence-electron chi connectivity index (χ4n) is 3.45. The third kappa shape index (κ3) is 4.49. The minimum atomic E-state index is -0.0776. The molecule has 6 heteroatoms. The lowest BCUT2D eigenvalue weighted by Gasteiger charge is -2.38. The molecule has 1 aliphatic carbocycles. The molecule has 1 aliphatic rings. The van der Waals surface area contributed by atoms with Gasteiger partial charge in [0.1, 0.15) is 0 Å². The summed E-state index contributed by atoms with van der Waals surface area (Å²) in [7, 11) is 0. The van der Waals surface area contributed by atoms with Crippen LogP contribution in [0.1, 0.15) is 49.9 Å². The molecule has 25 heavy (non-hydrogen) atoms. The van der Waals surface area contributed by atoms with E-state index in [2.05, 4.69) is 23.7 Å². The molecule has 1 saturated carbocycles. The van der Waals surface area contributed by atoms with E-state index in [1.807, 2.05) is 11.0 Å². The van der Waals surface area contributed by atoms with E-state index in [0.29, 0.717) is 15.7 Å². The highest BCUT2D eigenvalue weighted by molar-refractivity contribution is 7.10. The summed E-state index contributed by atoms with van der Waals surface area (Å²) < 4.78 is 0. The average Bonchev–Trinajstić information content (AvgIpc) is 3.14. The van der Waals surface area contributed by atoms with Gasteiger partial charge in [0.05, 0.1) is 16.1 Å². The second kappa shape index (κ2) is 8.43. The minimum Gasteiger partial charge on any atom is -0.314 e. The van der Waals surface area contributed by atoms with Gasteiger partial charge in [0, 0.05) is 16.6 Å². The minimum absolute atomic E-state index is 0.0471. The van der Waals surface area contributed by atoms with Crippen molar-refractivity contribution >= 4 is 46.3 Å². The first-order valence-electron chi connectivity index (χ1n) is 8.64. The van der Waals surface area contributed by atoms with E-state index in [9.17, 15) is 4.79 Å². The fourth-order valence-corrected chi connectivity index (χ4v) is 4.53. The molecule has 1 atom stereocenters. The Morgan fingerprint density at radius 3 is 2.60 bits per heavy atom. The standard InChI is InChI=1S/C19H22Cl2N2OS/c1-13(18-8-5-11-25-18)23(15-6-3-2-4-7-15)19(24)22-14-9-10-16(20)17(21)12-14/h5,8-13,15H,2-4,6-7H2,1H3,(H,22,24)/t13-/m1/s1. The van der Waals surface area contributed by atoms with Crippen LogP contribution in [-0.4, -0.2) is 17.0 Å². The number of halogens is 2. The smallest absolute Gasteiger partial charge is 0.314 e. The molecule has 0 radical (unpaired) electrons. The third-order valence-electron chi connectivity index (χ3n) is 4.75. The first-order valence-corrected chi connectivity index (χ1v) is 10.3. The molecule has 3 nitrogen and oxygen atoms in total. The van der Waals surface area contributed by atoms with Gasteiger partial charge in [-0.3, -0.25) is 0 Å². The summed E-state index contributed by atoms with van der Waals surface area (Å²) in [6.45, 7) is 2.11. The zero-order valence-electron chi connectivity index (χ0n) is 14.2. The lowest BCUT2D eigenvalue weighted by molar-refractivity contribution is 0.140. The second-order valence-electron chi connectivity index (χ2n) is 6.45. The monoisotopic (exact) mass is 396 g/mol. The lowest BCUT2D eigenvalue weighted by atomic mass is 9.93. The number of carbonyl (C=O) groups excluding carboxylic acids is 1. The molecule has 0 unspecified atom stereocenters. The van der Waals surface area contributed by atoms with Crippen LogP contribution in [0.4, 0.5) is 10.5 Å². The fraction of sp³-hybridized carbons (Fsp3) is 0.421. The Hall–Kier alpha value is -1.23. The van der Waals surface area contributed by atoms with E-state index >= 15 is 0 Å². The van der Waals surface area contributed by atoms with Crippen molar-refractivity contribution in [2.45, 2.75) is 51.1 Å². The Kier molecular flexibility index (Phi) is 6.26. The summed E-state index contributed by atoms with van der Waals surface area (Å²) in [5, 5.41) is 5.98. The molecule has 1 fully saturated rings. The molecule has 134 valence electrons. The zero-order valence-corrected chi connectivity index (χ0v) is 16.5. The molecule has 1 heterocycles. The number of thiophene rings is 1. The van der Waals surface area contributed by atoms with Crippen molar-refractivity contribution in [2.75, 3.05) is 5.32 Å². The van der Waals surface area contributed by atoms with Crippen LogP contribution in [0, 0.1) is 0 Å². The molecule has 0 bridgehead atoms. The summed E-state index contributed by atoms with van der Waals surface area (Å²) in [6.07, 6.45) is 5.73. The van der Waals surface area contributed by atoms with Gasteiger partial charge in [0.25, 0.3) is 0 Å². The largest absolute Gasteiger partial charge is 0.322 e. The summed E-state index contributed by atoms with van der Waals surface area (Å²) in [4.78, 5) is 16.3. The number of hydrogen-bond acceptors (Lipinski definition) is 2. The summed E-state index contributed by atoms with van der Waals surface area (Å²) in [5.74, 6) is 0. The Bertz CT molecular complexity index is 714. The van der Waals surface area contributed by atoms with Crippen LogP contribution in [-0.2, 0) is 0 Å². The van der Waals surface area contributed by atoms with Gasteiger partial charge >= 0.3 is 6.03 Å². The number of carbonyl (C=O) groups is 1. The Morgan fingerprint density at radius 1 is 1.20 bits per heavy atom.